The lowest BCUT2D eigenvalue weighted by Crippen LogP contribution is -2.33. The lowest BCUT2D eigenvalue weighted by Gasteiger charge is -2.35. The summed E-state index contributed by atoms with van der Waals surface area (Å²) >= 11 is 6.33. The van der Waals surface area contributed by atoms with Gasteiger partial charge in [-0.05, 0) is 36.1 Å². The Labute approximate surface area is 134 Å². The van der Waals surface area contributed by atoms with Crippen molar-refractivity contribution < 1.29 is 9.47 Å². The molecular formula is C15H20N2O2S2. The summed E-state index contributed by atoms with van der Waals surface area (Å²) < 4.78 is 10.7. The van der Waals surface area contributed by atoms with Crippen molar-refractivity contribution in [3.63, 3.8) is 0 Å². The maximum atomic E-state index is 5.47. The number of nitrogens with one attached hydrogen (secondary N) is 1. The predicted molar refractivity (Wildman–Crippen MR) is 89.7 cm³/mol. The molecule has 114 valence electrons. The Bertz CT molecular complexity index is 609. The number of aromatic nitrogens is 2. The van der Waals surface area contributed by atoms with Crippen molar-refractivity contribution in [2.75, 3.05) is 31.8 Å². The molecule has 0 spiro atoms. The highest BCUT2D eigenvalue weighted by Gasteiger charge is 2.31. The topological polar surface area (TPSA) is 47.1 Å². The minimum Gasteiger partial charge on any atom is -0.497 e. The van der Waals surface area contributed by atoms with E-state index in [-0.39, 0.29) is 5.41 Å². The number of imidazole rings is 1. The number of H-pyrrole nitrogens is 1. The van der Waals surface area contributed by atoms with Gasteiger partial charge in [0.15, 0.2) is 5.16 Å². The SMILES string of the molecule is COc1ccc2nc(SCC3(CS)CCOCC3)[nH]c2c1. The first-order valence-corrected chi connectivity index (χ1v) is 8.72. The number of rotatable bonds is 5. The van der Waals surface area contributed by atoms with Crippen molar-refractivity contribution in [1.82, 2.24) is 9.97 Å². The van der Waals surface area contributed by atoms with Gasteiger partial charge in [-0.15, -0.1) is 0 Å². The Kier molecular flexibility index (Phi) is 4.66. The van der Waals surface area contributed by atoms with E-state index in [9.17, 15) is 0 Å². The summed E-state index contributed by atoms with van der Waals surface area (Å²) in [6.45, 7) is 1.69. The molecule has 4 nitrogen and oxygen atoms in total. The Morgan fingerprint density at radius 2 is 2.24 bits per heavy atom. The molecule has 0 amide bonds. The van der Waals surface area contributed by atoms with E-state index in [2.05, 4.69) is 22.6 Å². The smallest absolute Gasteiger partial charge is 0.166 e. The summed E-state index contributed by atoms with van der Waals surface area (Å²) in [5.74, 6) is 2.77. The second-order valence-electron chi connectivity index (χ2n) is 5.48. The quantitative estimate of drug-likeness (QED) is 0.654. The molecule has 0 atom stereocenters. The molecule has 0 saturated carbocycles. The molecule has 1 aliphatic rings. The van der Waals surface area contributed by atoms with Gasteiger partial charge < -0.3 is 14.5 Å². The van der Waals surface area contributed by atoms with Crippen molar-refractivity contribution in [3.8, 4) is 5.75 Å². The van der Waals surface area contributed by atoms with Crippen molar-refractivity contribution in [2.24, 2.45) is 5.41 Å². The van der Waals surface area contributed by atoms with Gasteiger partial charge in [0.1, 0.15) is 5.75 Å². The van der Waals surface area contributed by atoms with Crippen molar-refractivity contribution >= 4 is 35.4 Å². The number of thiol groups is 1. The Hall–Kier alpha value is -0.850. The molecular weight excluding hydrogens is 304 g/mol. The van der Waals surface area contributed by atoms with Gasteiger partial charge in [-0.1, -0.05) is 11.8 Å². The molecule has 6 heteroatoms. The molecule has 2 aromatic rings. The van der Waals surface area contributed by atoms with E-state index >= 15 is 0 Å². The van der Waals surface area contributed by atoms with Crippen LogP contribution in [0.4, 0.5) is 0 Å². The number of nitrogens with zero attached hydrogens (tertiary/aromatic N) is 1. The van der Waals surface area contributed by atoms with Gasteiger partial charge in [0.2, 0.25) is 0 Å². The highest BCUT2D eigenvalue weighted by atomic mass is 32.2. The standard InChI is InChI=1S/C15H20N2O2S2/c1-18-11-2-3-12-13(8-11)17-14(16-12)21-10-15(9-20)4-6-19-7-5-15/h2-3,8,20H,4-7,9-10H2,1H3,(H,16,17). The van der Waals surface area contributed by atoms with Crippen molar-refractivity contribution in [1.29, 1.82) is 0 Å². The number of hydrogen-bond acceptors (Lipinski definition) is 5. The van der Waals surface area contributed by atoms with Gasteiger partial charge in [-0.2, -0.15) is 12.6 Å². The van der Waals surface area contributed by atoms with Crippen LogP contribution < -0.4 is 4.74 Å². The Balaban J connectivity index is 1.72. The van der Waals surface area contributed by atoms with E-state index in [4.69, 9.17) is 9.47 Å². The molecule has 1 aliphatic heterocycles. The Morgan fingerprint density at radius 1 is 1.43 bits per heavy atom. The monoisotopic (exact) mass is 324 g/mol. The van der Waals surface area contributed by atoms with Crippen molar-refractivity contribution in [3.05, 3.63) is 18.2 Å². The molecule has 1 aromatic heterocycles. The minimum atomic E-state index is 0.267. The molecule has 2 heterocycles. The summed E-state index contributed by atoms with van der Waals surface area (Å²) in [4.78, 5) is 8.00. The van der Waals surface area contributed by atoms with Gasteiger partial charge in [0.05, 0.1) is 18.1 Å². The summed E-state index contributed by atoms with van der Waals surface area (Å²) in [6.07, 6.45) is 2.16. The number of ether oxygens (including phenoxy) is 2. The number of thioether (sulfide) groups is 1. The molecule has 0 bridgehead atoms. The molecule has 0 aliphatic carbocycles. The summed E-state index contributed by atoms with van der Waals surface area (Å²) in [5.41, 5.74) is 2.26. The maximum absolute atomic E-state index is 5.47. The average Bonchev–Trinajstić information content (AvgIpc) is 2.95. The average molecular weight is 324 g/mol. The third-order valence-corrected chi connectivity index (χ3v) is 5.97. The lowest BCUT2D eigenvalue weighted by molar-refractivity contribution is 0.0371. The fraction of sp³-hybridized carbons (Fsp3) is 0.533. The second-order valence-corrected chi connectivity index (χ2v) is 6.76. The second kappa shape index (κ2) is 6.50. The number of aromatic amines is 1. The highest BCUT2D eigenvalue weighted by molar-refractivity contribution is 7.99. The van der Waals surface area contributed by atoms with E-state index in [0.29, 0.717) is 0 Å². The van der Waals surface area contributed by atoms with E-state index in [1.807, 2.05) is 18.2 Å². The highest BCUT2D eigenvalue weighted by Crippen LogP contribution is 2.37. The molecule has 1 fully saturated rings. The van der Waals surface area contributed by atoms with E-state index in [1.165, 1.54) is 0 Å². The zero-order valence-corrected chi connectivity index (χ0v) is 13.8. The van der Waals surface area contributed by atoms with Gasteiger partial charge in [0.25, 0.3) is 0 Å². The van der Waals surface area contributed by atoms with E-state index < -0.39 is 0 Å². The predicted octanol–water partition coefficient (Wildman–Crippen LogP) is 3.39. The third kappa shape index (κ3) is 3.33. The van der Waals surface area contributed by atoms with E-state index in [0.717, 1.165) is 59.5 Å². The third-order valence-electron chi connectivity index (χ3n) is 4.07. The molecule has 0 radical (unpaired) electrons. The number of methoxy groups -OCH3 is 1. The summed E-state index contributed by atoms with van der Waals surface area (Å²) in [7, 11) is 1.68. The van der Waals surface area contributed by atoms with Gasteiger partial charge in [0, 0.05) is 25.0 Å². The number of hydrogen-bond donors (Lipinski definition) is 2. The van der Waals surface area contributed by atoms with Crippen molar-refractivity contribution in [2.45, 2.75) is 18.0 Å². The van der Waals surface area contributed by atoms with Crippen LogP contribution in [0, 0.1) is 5.41 Å². The molecule has 1 N–H and O–H groups in total. The number of fused-ring (bicyclic) bond motifs is 1. The van der Waals surface area contributed by atoms with Crippen LogP contribution in [-0.4, -0.2) is 41.8 Å². The first-order valence-electron chi connectivity index (χ1n) is 7.10. The zero-order valence-electron chi connectivity index (χ0n) is 12.1. The van der Waals surface area contributed by atoms with Crippen LogP contribution in [0.5, 0.6) is 5.75 Å². The minimum absolute atomic E-state index is 0.267. The van der Waals surface area contributed by atoms with Crippen LogP contribution in [-0.2, 0) is 4.74 Å². The van der Waals surface area contributed by atoms with Crippen LogP contribution in [0.1, 0.15) is 12.8 Å². The summed E-state index contributed by atoms with van der Waals surface area (Å²) in [6, 6.07) is 5.90. The fourth-order valence-electron chi connectivity index (χ4n) is 2.53. The first kappa shape index (κ1) is 15.1. The van der Waals surface area contributed by atoms with Crippen LogP contribution in [0.3, 0.4) is 0 Å². The molecule has 1 saturated heterocycles. The number of benzene rings is 1. The van der Waals surface area contributed by atoms with Gasteiger partial charge >= 0.3 is 0 Å². The fourth-order valence-corrected chi connectivity index (χ4v) is 4.29. The van der Waals surface area contributed by atoms with Gasteiger partial charge in [-0.25, -0.2) is 4.98 Å². The van der Waals surface area contributed by atoms with Crippen LogP contribution in [0.15, 0.2) is 23.4 Å². The maximum Gasteiger partial charge on any atom is 0.166 e. The lowest BCUT2D eigenvalue weighted by atomic mass is 9.84. The summed E-state index contributed by atoms with van der Waals surface area (Å²) in [5, 5.41) is 0.964. The zero-order chi connectivity index (χ0) is 14.7. The largest absolute Gasteiger partial charge is 0.497 e. The van der Waals surface area contributed by atoms with Crippen LogP contribution in [0.25, 0.3) is 11.0 Å². The molecule has 1 aromatic carbocycles. The Morgan fingerprint density at radius 3 is 2.95 bits per heavy atom. The van der Waals surface area contributed by atoms with Crippen LogP contribution >= 0.6 is 24.4 Å². The molecule has 21 heavy (non-hydrogen) atoms. The molecule has 3 rings (SSSR count). The van der Waals surface area contributed by atoms with Crippen LogP contribution in [0.2, 0.25) is 0 Å². The van der Waals surface area contributed by atoms with Gasteiger partial charge in [-0.3, -0.25) is 0 Å². The van der Waals surface area contributed by atoms with E-state index in [1.54, 1.807) is 18.9 Å². The molecule has 0 unspecified atom stereocenters. The first-order chi connectivity index (χ1) is 10.2. The normalized spacial score (nSPS) is 18.0.